The van der Waals surface area contributed by atoms with Crippen LogP contribution in [0.4, 0.5) is 0 Å². The average Bonchev–Trinajstić information content (AvgIpc) is 1.95. The Kier molecular flexibility index (Phi) is 2.46. The van der Waals surface area contributed by atoms with E-state index in [9.17, 15) is 9.59 Å². The highest BCUT2D eigenvalue weighted by Gasteiger charge is 2.10. The Morgan fingerprint density at radius 2 is 2.18 bits per heavy atom. The molecule has 0 fully saturated rings. The minimum atomic E-state index is -0.477. The molecule has 1 aliphatic heterocycles. The zero-order valence-electron chi connectivity index (χ0n) is 6.09. The van der Waals surface area contributed by atoms with E-state index >= 15 is 0 Å². The van der Waals surface area contributed by atoms with Crippen LogP contribution in [0.1, 0.15) is 19.3 Å². The molecule has 0 bridgehead atoms. The van der Waals surface area contributed by atoms with Gasteiger partial charge in [-0.1, -0.05) is 6.08 Å². The summed E-state index contributed by atoms with van der Waals surface area (Å²) in [5, 5.41) is 2.16. The van der Waals surface area contributed by atoms with Crippen LogP contribution in [0.5, 0.6) is 0 Å². The van der Waals surface area contributed by atoms with E-state index < -0.39 is 5.91 Å². The van der Waals surface area contributed by atoms with Crippen LogP contribution in [0.25, 0.3) is 0 Å². The Morgan fingerprint density at radius 1 is 1.45 bits per heavy atom. The first-order chi connectivity index (χ1) is 5.20. The highest BCUT2D eigenvalue weighted by Crippen LogP contribution is 2.03. The number of hydrogen-bond acceptors (Lipinski definition) is 2. The summed E-state index contributed by atoms with van der Waals surface area (Å²) in [6, 6.07) is 0. The lowest BCUT2D eigenvalue weighted by atomic mass is 9.92. The minimum Gasteiger partial charge on any atom is -0.293 e. The van der Waals surface area contributed by atoms with E-state index in [1.165, 1.54) is 0 Å². The molecule has 2 radical (unpaired) electrons. The standard InChI is InChI=1S/C7H8BNO2/c8-5-3-1-2-4-6(10)9-7(5)11/h3H,1-2,4H2,(H,9,10,11)/b5-3+. The van der Waals surface area contributed by atoms with Crippen molar-refractivity contribution in [3.05, 3.63) is 11.5 Å². The normalized spacial score (nSPS) is 24.5. The van der Waals surface area contributed by atoms with Crippen molar-refractivity contribution in [3.8, 4) is 0 Å². The first-order valence-corrected chi connectivity index (χ1v) is 3.50. The summed E-state index contributed by atoms with van der Waals surface area (Å²) in [5.41, 5.74) is 0.137. The van der Waals surface area contributed by atoms with Gasteiger partial charge in [0.15, 0.2) is 0 Å². The van der Waals surface area contributed by atoms with Crippen LogP contribution in [-0.2, 0) is 9.59 Å². The molecule has 2 amide bonds. The molecule has 0 saturated heterocycles. The lowest BCUT2D eigenvalue weighted by Crippen LogP contribution is -2.32. The van der Waals surface area contributed by atoms with E-state index in [0.717, 1.165) is 6.42 Å². The van der Waals surface area contributed by atoms with Crippen molar-refractivity contribution in [1.82, 2.24) is 5.32 Å². The summed E-state index contributed by atoms with van der Waals surface area (Å²) < 4.78 is 0. The van der Waals surface area contributed by atoms with Crippen LogP contribution >= 0.6 is 0 Å². The van der Waals surface area contributed by atoms with Gasteiger partial charge in [0.25, 0.3) is 0 Å². The van der Waals surface area contributed by atoms with E-state index in [2.05, 4.69) is 5.32 Å². The average molecular weight is 149 g/mol. The predicted molar refractivity (Wildman–Crippen MR) is 40.8 cm³/mol. The van der Waals surface area contributed by atoms with Crippen molar-refractivity contribution in [3.63, 3.8) is 0 Å². The first kappa shape index (κ1) is 8.05. The molecule has 0 aromatic heterocycles. The number of imide groups is 1. The van der Waals surface area contributed by atoms with Gasteiger partial charge in [0.1, 0.15) is 7.85 Å². The van der Waals surface area contributed by atoms with Gasteiger partial charge in [-0.3, -0.25) is 14.9 Å². The van der Waals surface area contributed by atoms with E-state index in [1.54, 1.807) is 6.08 Å². The lowest BCUT2D eigenvalue weighted by Gasteiger charge is -2.07. The number of nitrogens with one attached hydrogen (secondary N) is 1. The number of amides is 2. The zero-order valence-corrected chi connectivity index (χ0v) is 6.09. The van der Waals surface area contributed by atoms with Crippen molar-refractivity contribution in [2.75, 3.05) is 0 Å². The molecule has 1 N–H and O–H groups in total. The van der Waals surface area contributed by atoms with Gasteiger partial charge >= 0.3 is 0 Å². The first-order valence-electron chi connectivity index (χ1n) is 3.50. The highest BCUT2D eigenvalue weighted by molar-refractivity contribution is 6.37. The second-order valence-corrected chi connectivity index (χ2v) is 2.43. The molecule has 4 heteroatoms. The highest BCUT2D eigenvalue weighted by atomic mass is 16.2. The molecule has 11 heavy (non-hydrogen) atoms. The van der Waals surface area contributed by atoms with Crippen molar-refractivity contribution < 1.29 is 9.59 Å². The minimum absolute atomic E-state index is 0.137. The van der Waals surface area contributed by atoms with Gasteiger partial charge in [-0.2, -0.15) is 0 Å². The van der Waals surface area contributed by atoms with Gasteiger partial charge in [0.05, 0.1) is 0 Å². The quantitative estimate of drug-likeness (QED) is 0.385. The van der Waals surface area contributed by atoms with Gasteiger partial charge in [-0.05, 0) is 18.3 Å². The van der Waals surface area contributed by atoms with E-state index in [1.807, 2.05) is 0 Å². The molecular weight excluding hydrogens is 141 g/mol. The van der Waals surface area contributed by atoms with Crippen LogP contribution in [0, 0.1) is 0 Å². The SMILES string of the molecule is [B]/C1=C/CCCC(=O)NC1=O. The molecule has 1 heterocycles. The number of rotatable bonds is 0. The number of allylic oxidation sites excluding steroid dienone is 1. The fourth-order valence-electron chi connectivity index (χ4n) is 0.874. The molecule has 0 spiro atoms. The third-order valence-corrected chi connectivity index (χ3v) is 1.49. The Labute approximate surface area is 66.3 Å². The third-order valence-electron chi connectivity index (χ3n) is 1.49. The predicted octanol–water partition coefficient (Wildman–Crippen LogP) is -0.135. The molecule has 1 rings (SSSR count). The van der Waals surface area contributed by atoms with Gasteiger partial charge in [0.2, 0.25) is 11.8 Å². The molecule has 56 valence electrons. The zero-order chi connectivity index (χ0) is 8.27. The molecule has 0 aromatic rings. The van der Waals surface area contributed by atoms with Crippen molar-refractivity contribution in [2.24, 2.45) is 0 Å². The summed E-state index contributed by atoms with van der Waals surface area (Å²) in [7, 11) is 5.31. The fourth-order valence-corrected chi connectivity index (χ4v) is 0.874. The van der Waals surface area contributed by atoms with Crippen LogP contribution in [-0.4, -0.2) is 19.7 Å². The van der Waals surface area contributed by atoms with E-state index in [0.29, 0.717) is 12.8 Å². The maximum absolute atomic E-state index is 10.9. The lowest BCUT2D eigenvalue weighted by molar-refractivity contribution is -0.128. The van der Waals surface area contributed by atoms with Crippen LogP contribution in [0.2, 0.25) is 0 Å². The second kappa shape index (κ2) is 3.37. The third kappa shape index (κ3) is 2.22. The Morgan fingerprint density at radius 3 is 2.91 bits per heavy atom. The van der Waals surface area contributed by atoms with E-state index in [4.69, 9.17) is 7.85 Å². The van der Waals surface area contributed by atoms with Crippen LogP contribution in [0.3, 0.4) is 0 Å². The summed E-state index contributed by atoms with van der Waals surface area (Å²) in [5.74, 6) is -0.722. The topological polar surface area (TPSA) is 46.2 Å². The molecule has 0 aromatic carbocycles. The van der Waals surface area contributed by atoms with Crippen molar-refractivity contribution >= 4 is 19.7 Å². The molecule has 0 atom stereocenters. The van der Waals surface area contributed by atoms with Gasteiger partial charge in [-0.25, -0.2) is 0 Å². The van der Waals surface area contributed by atoms with Crippen molar-refractivity contribution in [2.45, 2.75) is 19.3 Å². The van der Waals surface area contributed by atoms with Gasteiger partial charge in [0, 0.05) is 6.42 Å². The molecule has 1 aliphatic rings. The summed E-state index contributed by atoms with van der Waals surface area (Å²) >= 11 is 0. The maximum Gasteiger partial charge on any atom is 0.243 e. The van der Waals surface area contributed by atoms with Crippen LogP contribution < -0.4 is 5.32 Å². The fraction of sp³-hybridized carbons (Fsp3) is 0.429. The summed E-state index contributed by atoms with van der Waals surface area (Å²) in [6.45, 7) is 0. The molecule has 3 nitrogen and oxygen atoms in total. The number of hydrogen-bond donors (Lipinski definition) is 1. The van der Waals surface area contributed by atoms with Crippen molar-refractivity contribution in [1.29, 1.82) is 0 Å². The number of carbonyl (C=O) groups excluding carboxylic acids is 2. The van der Waals surface area contributed by atoms with Gasteiger partial charge < -0.3 is 0 Å². The maximum atomic E-state index is 10.9. The van der Waals surface area contributed by atoms with E-state index in [-0.39, 0.29) is 11.4 Å². The molecular formula is C7H8BNO2. The molecule has 0 aliphatic carbocycles. The summed E-state index contributed by atoms with van der Waals surface area (Å²) in [4.78, 5) is 21.6. The second-order valence-electron chi connectivity index (χ2n) is 2.43. The Hall–Kier alpha value is -1.06. The largest absolute Gasteiger partial charge is 0.293 e. The van der Waals surface area contributed by atoms with Crippen LogP contribution in [0.15, 0.2) is 11.5 Å². The van der Waals surface area contributed by atoms with Gasteiger partial charge in [-0.15, -0.1) is 0 Å². The number of carbonyl (C=O) groups is 2. The smallest absolute Gasteiger partial charge is 0.243 e. The molecule has 0 unspecified atom stereocenters. The Bertz CT molecular complexity index is 222. The Balaban J connectivity index is 2.70. The monoisotopic (exact) mass is 149 g/mol. The molecule has 0 saturated carbocycles. The summed E-state index contributed by atoms with van der Waals surface area (Å²) in [6.07, 6.45) is 3.49.